The number of ketones is 1. The summed E-state index contributed by atoms with van der Waals surface area (Å²) in [6.07, 6.45) is 0. The van der Waals surface area contributed by atoms with Gasteiger partial charge in [0, 0.05) is 25.3 Å². The molecule has 8 nitrogen and oxygen atoms in total. The fourth-order valence-corrected chi connectivity index (χ4v) is 2.58. The van der Waals surface area contributed by atoms with Gasteiger partial charge in [-0.25, -0.2) is 4.79 Å². The Labute approximate surface area is 162 Å². The largest absolute Gasteiger partial charge is 0.454 e. The van der Waals surface area contributed by atoms with Crippen LogP contribution in [0, 0.1) is 24.0 Å². The van der Waals surface area contributed by atoms with Gasteiger partial charge in [-0.1, -0.05) is 17.7 Å². The highest BCUT2D eigenvalue weighted by Gasteiger charge is 2.19. The highest BCUT2D eigenvalue weighted by atomic mass is 16.6. The van der Waals surface area contributed by atoms with Crippen molar-refractivity contribution in [1.29, 1.82) is 0 Å². The summed E-state index contributed by atoms with van der Waals surface area (Å²) >= 11 is 0. The Balaban J connectivity index is 2.09. The minimum Gasteiger partial charge on any atom is -0.454 e. The monoisotopic (exact) mass is 386 g/mol. The zero-order valence-electron chi connectivity index (χ0n) is 16.0. The fraction of sp³-hybridized carbons (Fsp3) is 0.300. The molecular weight excluding hydrogens is 364 g/mol. The van der Waals surface area contributed by atoms with Crippen molar-refractivity contribution in [2.24, 2.45) is 0 Å². The summed E-state index contributed by atoms with van der Waals surface area (Å²) in [5.41, 5.74) is 2.20. The number of carbonyl (C=O) groups excluding carboxylic acids is 2. The van der Waals surface area contributed by atoms with E-state index >= 15 is 0 Å². The number of hydrogen-bond donors (Lipinski definition) is 1. The van der Waals surface area contributed by atoms with Gasteiger partial charge in [-0.2, -0.15) is 0 Å². The van der Waals surface area contributed by atoms with Gasteiger partial charge in [0.2, 0.25) is 5.78 Å². The smallest absolute Gasteiger partial charge is 0.338 e. The molecule has 0 saturated carbocycles. The van der Waals surface area contributed by atoms with E-state index in [1.807, 2.05) is 19.1 Å². The van der Waals surface area contributed by atoms with Crippen LogP contribution in [0.15, 0.2) is 36.4 Å². The Hall–Kier alpha value is -3.26. The van der Waals surface area contributed by atoms with E-state index in [1.165, 1.54) is 19.2 Å². The average molecular weight is 386 g/mol. The van der Waals surface area contributed by atoms with Crippen LogP contribution in [0.25, 0.3) is 0 Å². The number of ether oxygens (including phenoxy) is 2. The summed E-state index contributed by atoms with van der Waals surface area (Å²) in [7, 11) is 1.52. The van der Waals surface area contributed by atoms with Gasteiger partial charge in [-0.15, -0.1) is 0 Å². The normalized spacial score (nSPS) is 10.4. The zero-order valence-corrected chi connectivity index (χ0v) is 16.0. The predicted octanol–water partition coefficient (Wildman–Crippen LogP) is 3.31. The van der Waals surface area contributed by atoms with Gasteiger partial charge in [-0.3, -0.25) is 14.9 Å². The molecule has 28 heavy (non-hydrogen) atoms. The SMILES string of the molecule is COCCNc1ccc(C(=O)OCC(=O)c2cc(C)ccc2C)cc1[N+](=O)[O-]. The maximum absolute atomic E-state index is 12.3. The molecule has 8 heteroatoms. The number of nitrogens with one attached hydrogen (secondary N) is 1. The second kappa shape index (κ2) is 9.61. The quantitative estimate of drug-likeness (QED) is 0.232. The minimum absolute atomic E-state index is 0.00208. The number of Topliss-reactive ketones (excluding diaryl/α,β-unsaturated/α-hetero) is 1. The highest BCUT2D eigenvalue weighted by molar-refractivity contribution is 6.00. The van der Waals surface area contributed by atoms with Gasteiger partial charge in [0.1, 0.15) is 5.69 Å². The van der Waals surface area contributed by atoms with E-state index in [-0.39, 0.29) is 22.7 Å². The van der Waals surface area contributed by atoms with Gasteiger partial charge < -0.3 is 14.8 Å². The molecule has 0 radical (unpaired) electrons. The van der Waals surface area contributed by atoms with Crippen molar-refractivity contribution < 1.29 is 24.0 Å². The number of esters is 1. The molecule has 2 aromatic carbocycles. The number of nitro benzene ring substituents is 1. The van der Waals surface area contributed by atoms with Crippen molar-refractivity contribution in [2.45, 2.75) is 13.8 Å². The summed E-state index contributed by atoms with van der Waals surface area (Å²) in [5, 5.41) is 14.1. The van der Waals surface area contributed by atoms with Gasteiger partial charge in [0.15, 0.2) is 6.61 Å². The summed E-state index contributed by atoms with van der Waals surface area (Å²) < 4.78 is 9.95. The summed E-state index contributed by atoms with van der Waals surface area (Å²) in [6, 6.07) is 9.41. The number of methoxy groups -OCH3 is 1. The maximum atomic E-state index is 12.3. The standard InChI is InChI=1S/C20H22N2O6/c1-13-4-5-14(2)16(10-13)19(23)12-28-20(24)15-6-7-17(21-8-9-27-3)18(11-15)22(25)26/h4-7,10-11,21H,8-9,12H2,1-3H3. The Kier molecular flexibility index (Phi) is 7.22. The van der Waals surface area contributed by atoms with E-state index in [0.717, 1.165) is 17.2 Å². The molecule has 0 spiro atoms. The van der Waals surface area contributed by atoms with Crippen LogP contribution in [0.5, 0.6) is 0 Å². The van der Waals surface area contributed by atoms with Crippen molar-refractivity contribution in [3.63, 3.8) is 0 Å². The lowest BCUT2D eigenvalue weighted by molar-refractivity contribution is -0.384. The second-order valence-corrected chi connectivity index (χ2v) is 6.23. The number of nitro groups is 1. The molecule has 0 saturated heterocycles. The average Bonchev–Trinajstić information content (AvgIpc) is 2.67. The van der Waals surface area contributed by atoms with Gasteiger partial charge in [0.25, 0.3) is 5.69 Å². The molecular formula is C20H22N2O6. The van der Waals surface area contributed by atoms with Crippen LogP contribution in [0.2, 0.25) is 0 Å². The molecule has 0 aliphatic rings. The number of carbonyl (C=O) groups is 2. The van der Waals surface area contributed by atoms with Crippen LogP contribution < -0.4 is 5.32 Å². The third-order valence-electron chi connectivity index (χ3n) is 4.08. The first-order valence-electron chi connectivity index (χ1n) is 8.62. The number of aryl methyl sites for hydroxylation is 2. The number of hydrogen-bond acceptors (Lipinski definition) is 7. The summed E-state index contributed by atoms with van der Waals surface area (Å²) in [4.78, 5) is 35.3. The first-order valence-corrected chi connectivity index (χ1v) is 8.62. The van der Waals surface area contributed by atoms with E-state index in [4.69, 9.17) is 9.47 Å². The lowest BCUT2D eigenvalue weighted by Crippen LogP contribution is -2.16. The van der Waals surface area contributed by atoms with Crippen molar-refractivity contribution in [3.8, 4) is 0 Å². The van der Waals surface area contributed by atoms with E-state index < -0.39 is 17.5 Å². The molecule has 0 heterocycles. The van der Waals surface area contributed by atoms with E-state index in [2.05, 4.69) is 5.32 Å². The van der Waals surface area contributed by atoms with Crippen LogP contribution in [-0.2, 0) is 9.47 Å². The molecule has 1 N–H and O–H groups in total. The maximum Gasteiger partial charge on any atom is 0.338 e. The molecule has 0 amide bonds. The Morgan fingerprint density at radius 3 is 2.57 bits per heavy atom. The Morgan fingerprint density at radius 2 is 1.89 bits per heavy atom. The van der Waals surface area contributed by atoms with Gasteiger partial charge in [0.05, 0.1) is 17.1 Å². The molecule has 0 atom stereocenters. The topological polar surface area (TPSA) is 108 Å². The molecule has 2 rings (SSSR count). The molecule has 0 unspecified atom stereocenters. The van der Waals surface area contributed by atoms with E-state index in [0.29, 0.717) is 18.7 Å². The fourth-order valence-electron chi connectivity index (χ4n) is 2.58. The Bertz CT molecular complexity index is 894. The predicted molar refractivity (Wildman–Crippen MR) is 104 cm³/mol. The van der Waals surface area contributed by atoms with Crippen molar-refractivity contribution in [1.82, 2.24) is 0 Å². The van der Waals surface area contributed by atoms with Crippen molar-refractivity contribution >= 4 is 23.1 Å². The lowest BCUT2D eigenvalue weighted by atomic mass is 10.0. The Morgan fingerprint density at radius 1 is 1.14 bits per heavy atom. The van der Waals surface area contributed by atoms with E-state index in [9.17, 15) is 19.7 Å². The number of nitrogens with zero attached hydrogens (tertiary/aromatic N) is 1. The zero-order chi connectivity index (χ0) is 20.7. The molecule has 148 valence electrons. The van der Waals surface area contributed by atoms with Crippen molar-refractivity contribution in [3.05, 3.63) is 68.8 Å². The lowest BCUT2D eigenvalue weighted by Gasteiger charge is -2.09. The van der Waals surface area contributed by atoms with Crippen LogP contribution in [0.3, 0.4) is 0 Å². The second-order valence-electron chi connectivity index (χ2n) is 6.23. The third-order valence-corrected chi connectivity index (χ3v) is 4.08. The minimum atomic E-state index is -0.801. The van der Waals surface area contributed by atoms with Crippen LogP contribution in [-0.4, -0.2) is 43.5 Å². The molecule has 0 bridgehead atoms. The number of anilines is 1. The van der Waals surface area contributed by atoms with Crippen LogP contribution in [0.1, 0.15) is 31.8 Å². The third kappa shape index (κ3) is 5.37. The van der Waals surface area contributed by atoms with Crippen LogP contribution in [0.4, 0.5) is 11.4 Å². The summed E-state index contributed by atoms with van der Waals surface area (Å²) in [6.45, 7) is 3.98. The molecule has 0 aliphatic heterocycles. The first kappa shape index (κ1) is 21.0. The highest BCUT2D eigenvalue weighted by Crippen LogP contribution is 2.26. The van der Waals surface area contributed by atoms with E-state index in [1.54, 1.807) is 13.0 Å². The molecule has 0 fully saturated rings. The molecule has 0 aromatic heterocycles. The molecule has 2 aromatic rings. The van der Waals surface area contributed by atoms with Crippen molar-refractivity contribution in [2.75, 3.05) is 32.2 Å². The first-order chi connectivity index (χ1) is 13.3. The van der Waals surface area contributed by atoms with Gasteiger partial charge in [-0.05, 0) is 37.6 Å². The van der Waals surface area contributed by atoms with Gasteiger partial charge >= 0.3 is 5.97 Å². The number of rotatable bonds is 9. The number of benzene rings is 2. The summed E-state index contributed by atoms with van der Waals surface area (Å²) in [5.74, 6) is -1.13. The molecule has 0 aliphatic carbocycles. The van der Waals surface area contributed by atoms with Crippen LogP contribution >= 0.6 is 0 Å².